The first kappa shape index (κ1) is 19.0. The number of nitrogens with zero attached hydrogens (tertiary/aromatic N) is 2. The van der Waals surface area contributed by atoms with Crippen molar-refractivity contribution in [2.45, 2.75) is 32.2 Å². The molecule has 5 nitrogen and oxygen atoms in total. The number of fused-ring (bicyclic) bond motifs is 1. The second-order valence-corrected chi connectivity index (χ2v) is 7.81. The van der Waals surface area contributed by atoms with Gasteiger partial charge in [0.1, 0.15) is 5.75 Å². The maximum Gasteiger partial charge on any atom is 0.119 e. The molecule has 2 N–H and O–H groups in total. The van der Waals surface area contributed by atoms with E-state index in [4.69, 9.17) is 9.84 Å². The predicted octanol–water partition coefficient (Wildman–Crippen LogP) is 3.78. The van der Waals surface area contributed by atoms with E-state index >= 15 is 0 Å². The van der Waals surface area contributed by atoms with Crippen LogP contribution in [0.25, 0.3) is 10.9 Å². The Hall–Kier alpha value is -2.37. The third-order valence-electron chi connectivity index (χ3n) is 5.51. The lowest BCUT2D eigenvalue weighted by Gasteiger charge is -2.33. The molecule has 2 heterocycles. The monoisotopic (exact) mass is 379 g/mol. The fourth-order valence-corrected chi connectivity index (χ4v) is 4.16. The molecule has 1 aliphatic rings. The van der Waals surface area contributed by atoms with Crippen molar-refractivity contribution in [3.63, 3.8) is 0 Å². The molecule has 1 aliphatic heterocycles. The number of likely N-dealkylation sites (tertiary alicyclic amines) is 1. The predicted molar refractivity (Wildman–Crippen MR) is 111 cm³/mol. The van der Waals surface area contributed by atoms with E-state index in [0.717, 1.165) is 37.3 Å². The fraction of sp³-hybridized carbons (Fsp3) is 0.435. The van der Waals surface area contributed by atoms with Gasteiger partial charge in [-0.1, -0.05) is 18.2 Å². The topological polar surface area (TPSA) is 61.4 Å². The number of hydrogen-bond donors (Lipinski definition) is 2. The Kier molecular flexibility index (Phi) is 6.24. The first-order valence-electron chi connectivity index (χ1n) is 10.3. The second kappa shape index (κ2) is 9.22. The van der Waals surface area contributed by atoms with Crippen LogP contribution in [0.3, 0.4) is 0 Å². The molecule has 1 aromatic heterocycles. The Labute approximate surface area is 166 Å². The van der Waals surface area contributed by atoms with Crippen LogP contribution >= 0.6 is 0 Å². The molecule has 0 spiro atoms. The molecule has 3 aromatic rings. The van der Waals surface area contributed by atoms with Crippen molar-refractivity contribution in [1.82, 2.24) is 15.1 Å². The van der Waals surface area contributed by atoms with Gasteiger partial charge in [0.05, 0.1) is 18.3 Å². The Morgan fingerprint density at radius 3 is 3.07 bits per heavy atom. The standard InChI is InChI=1S/C23H29N3O2/c27-10-3-11-28-22-6-1-4-20(14-22)17-26-9-2-5-19(16-26)12-18-7-8-23-21(13-18)15-24-25-23/h1,4,6-8,13-15,19,27H,2-3,5,9-12,16-17H2,(H,24,25)/t19-/m0/s1. The van der Waals surface area contributed by atoms with Crippen molar-refractivity contribution in [3.05, 3.63) is 59.8 Å². The van der Waals surface area contributed by atoms with Gasteiger partial charge in [-0.15, -0.1) is 0 Å². The van der Waals surface area contributed by atoms with Crippen LogP contribution in [0.2, 0.25) is 0 Å². The largest absolute Gasteiger partial charge is 0.493 e. The molecule has 1 saturated heterocycles. The summed E-state index contributed by atoms with van der Waals surface area (Å²) in [4.78, 5) is 2.57. The number of ether oxygens (including phenoxy) is 1. The van der Waals surface area contributed by atoms with Gasteiger partial charge in [0.25, 0.3) is 0 Å². The molecule has 0 radical (unpaired) electrons. The fourth-order valence-electron chi connectivity index (χ4n) is 4.16. The van der Waals surface area contributed by atoms with E-state index < -0.39 is 0 Å². The van der Waals surface area contributed by atoms with Crippen molar-refractivity contribution in [1.29, 1.82) is 0 Å². The van der Waals surface area contributed by atoms with Crippen LogP contribution < -0.4 is 4.74 Å². The molecule has 28 heavy (non-hydrogen) atoms. The maximum atomic E-state index is 8.90. The number of aliphatic hydroxyl groups is 1. The van der Waals surface area contributed by atoms with Gasteiger partial charge in [0, 0.05) is 31.5 Å². The number of benzene rings is 2. The first-order valence-corrected chi connectivity index (χ1v) is 10.3. The summed E-state index contributed by atoms with van der Waals surface area (Å²) in [5, 5.41) is 17.2. The number of aliphatic hydroxyl groups excluding tert-OH is 1. The smallest absolute Gasteiger partial charge is 0.119 e. The minimum absolute atomic E-state index is 0.169. The van der Waals surface area contributed by atoms with E-state index in [1.165, 1.54) is 29.4 Å². The first-order chi connectivity index (χ1) is 13.8. The number of rotatable bonds is 8. The molecular weight excluding hydrogens is 350 g/mol. The van der Waals surface area contributed by atoms with Gasteiger partial charge in [-0.3, -0.25) is 10.00 Å². The lowest BCUT2D eigenvalue weighted by atomic mass is 9.90. The third-order valence-corrected chi connectivity index (χ3v) is 5.51. The molecular formula is C23H29N3O2. The number of H-pyrrole nitrogens is 1. The average Bonchev–Trinajstić information content (AvgIpc) is 3.17. The van der Waals surface area contributed by atoms with Gasteiger partial charge in [-0.2, -0.15) is 5.10 Å². The van der Waals surface area contributed by atoms with Crippen LogP contribution in [-0.4, -0.2) is 46.5 Å². The lowest BCUT2D eigenvalue weighted by molar-refractivity contribution is 0.167. The van der Waals surface area contributed by atoms with Crippen molar-refractivity contribution in [3.8, 4) is 5.75 Å². The number of hydrogen-bond acceptors (Lipinski definition) is 4. The minimum Gasteiger partial charge on any atom is -0.493 e. The highest BCUT2D eigenvalue weighted by atomic mass is 16.5. The SMILES string of the molecule is OCCCOc1cccc(CN2CCC[C@@H](Cc3ccc4[nH]ncc4c3)C2)c1. The Morgan fingerprint density at radius 2 is 2.14 bits per heavy atom. The van der Waals surface area contributed by atoms with Crippen LogP contribution in [0.4, 0.5) is 0 Å². The summed E-state index contributed by atoms with van der Waals surface area (Å²) in [6.07, 6.45) is 6.25. The number of nitrogens with one attached hydrogen (secondary N) is 1. The average molecular weight is 380 g/mol. The highest BCUT2D eigenvalue weighted by molar-refractivity contribution is 5.78. The van der Waals surface area contributed by atoms with Crippen molar-refractivity contribution in [2.24, 2.45) is 5.92 Å². The van der Waals surface area contributed by atoms with E-state index in [1.807, 2.05) is 12.3 Å². The Balaban J connectivity index is 1.34. The summed E-state index contributed by atoms with van der Waals surface area (Å²) in [5.74, 6) is 1.59. The van der Waals surface area contributed by atoms with Crippen LogP contribution in [0.5, 0.6) is 5.75 Å². The zero-order chi connectivity index (χ0) is 19.2. The normalized spacial score (nSPS) is 17.8. The second-order valence-electron chi connectivity index (χ2n) is 7.81. The Morgan fingerprint density at radius 1 is 1.18 bits per heavy atom. The number of piperidine rings is 1. The van der Waals surface area contributed by atoms with Crippen molar-refractivity contribution >= 4 is 10.9 Å². The Bertz CT molecular complexity index is 892. The minimum atomic E-state index is 0.169. The molecule has 2 aromatic carbocycles. The van der Waals surface area contributed by atoms with Crippen molar-refractivity contribution in [2.75, 3.05) is 26.3 Å². The molecule has 4 rings (SSSR count). The van der Waals surface area contributed by atoms with Crippen LogP contribution in [-0.2, 0) is 13.0 Å². The highest BCUT2D eigenvalue weighted by Gasteiger charge is 2.20. The van der Waals surface area contributed by atoms with Crippen molar-refractivity contribution < 1.29 is 9.84 Å². The molecule has 0 unspecified atom stereocenters. The number of aromatic nitrogens is 2. The summed E-state index contributed by atoms with van der Waals surface area (Å²) in [6.45, 7) is 4.00. The van der Waals surface area contributed by atoms with Crippen LogP contribution in [0.1, 0.15) is 30.4 Å². The molecule has 0 amide bonds. The van der Waals surface area contributed by atoms with E-state index in [9.17, 15) is 0 Å². The molecule has 148 valence electrons. The van der Waals surface area contributed by atoms with Gasteiger partial charge in [-0.25, -0.2) is 0 Å². The zero-order valence-electron chi connectivity index (χ0n) is 16.3. The molecule has 0 bridgehead atoms. The maximum absolute atomic E-state index is 8.90. The van der Waals surface area contributed by atoms with E-state index in [0.29, 0.717) is 18.9 Å². The van der Waals surface area contributed by atoms with E-state index in [1.54, 1.807) is 0 Å². The summed E-state index contributed by atoms with van der Waals surface area (Å²) in [6, 6.07) is 15.0. The van der Waals surface area contributed by atoms with Gasteiger partial charge in [-0.05, 0) is 67.1 Å². The van der Waals surface area contributed by atoms with Gasteiger partial charge >= 0.3 is 0 Å². The summed E-state index contributed by atoms with van der Waals surface area (Å²) >= 11 is 0. The molecule has 0 saturated carbocycles. The lowest BCUT2D eigenvalue weighted by Crippen LogP contribution is -2.35. The summed E-state index contributed by atoms with van der Waals surface area (Å²) < 4.78 is 5.72. The van der Waals surface area contributed by atoms with Crippen LogP contribution in [0.15, 0.2) is 48.7 Å². The van der Waals surface area contributed by atoms with Gasteiger partial charge in [0.2, 0.25) is 0 Å². The molecule has 0 aliphatic carbocycles. The van der Waals surface area contributed by atoms with Gasteiger partial charge < -0.3 is 9.84 Å². The third kappa shape index (κ3) is 4.91. The zero-order valence-corrected chi connectivity index (χ0v) is 16.3. The van der Waals surface area contributed by atoms with E-state index in [2.05, 4.69) is 51.5 Å². The highest BCUT2D eigenvalue weighted by Crippen LogP contribution is 2.24. The quantitative estimate of drug-likeness (QED) is 0.585. The summed E-state index contributed by atoms with van der Waals surface area (Å²) in [5.41, 5.74) is 3.80. The van der Waals surface area contributed by atoms with E-state index in [-0.39, 0.29) is 6.61 Å². The molecule has 1 atom stereocenters. The number of aromatic amines is 1. The van der Waals surface area contributed by atoms with Gasteiger partial charge in [0.15, 0.2) is 0 Å². The molecule has 1 fully saturated rings. The molecule has 5 heteroatoms. The van der Waals surface area contributed by atoms with Crippen LogP contribution in [0, 0.1) is 5.92 Å². The summed E-state index contributed by atoms with van der Waals surface area (Å²) in [7, 11) is 0.